The molecule has 0 saturated heterocycles. The minimum Gasteiger partial charge on any atom is -0.399 e. The zero-order valence-electron chi connectivity index (χ0n) is 16.8. The Hall–Kier alpha value is -1.83. The number of nitrogens with two attached hydrogens (primary N) is 1. The SMILES string of the molecule is CC(C)(C)C(=O)Nc1nc(CC(=O)NC2CCCc3cc(N)ccc32)cs1.Cl.Cl. The number of rotatable bonds is 4. The van der Waals surface area contributed by atoms with Gasteiger partial charge in [0.2, 0.25) is 11.8 Å². The van der Waals surface area contributed by atoms with Gasteiger partial charge in [-0.1, -0.05) is 26.8 Å². The van der Waals surface area contributed by atoms with Gasteiger partial charge < -0.3 is 16.4 Å². The largest absolute Gasteiger partial charge is 0.399 e. The number of nitrogen functional groups attached to an aromatic ring is 1. The molecule has 1 unspecified atom stereocenters. The number of aryl methyl sites for hydroxylation is 1. The Kier molecular flexibility index (Phi) is 8.93. The molecule has 1 heterocycles. The number of fused-ring (bicyclic) bond motifs is 1. The highest BCUT2D eigenvalue weighted by molar-refractivity contribution is 7.13. The highest BCUT2D eigenvalue weighted by atomic mass is 35.5. The summed E-state index contributed by atoms with van der Waals surface area (Å²) in [6, 6.07) is 5.91. The topological polar surface area (TPSA) is 97.1 Å². The molecule has 3 rings (SSSR count). The average molecular weight is 459 g/mol. The van der Waals surface area contributed by atoms with Gasteiger partial charge in [0.15, 0.2) is 5.13 Å². The van der Waals surface area contributed by atoms with Crippen LogP contribution in [0.5, 0.6) is 0 Å². The van der Waals surface area contributed by atoms with Gasteiger partial charge in [0.25, 0.3) is 0 Å². The number of carbonyl (C=O) groups is 2. The molecule has 0 aliphatic heterocycles. The summed E-state index contributed by atoms with van der Waals surface area (Å²) in [7, 11) is 0. The summed E-state index contributed by atoms with van der Waals surface area (Å²) >= 11 is 1.34. The Balaban J connectivity index is 0.00000210. The molecular weight excluding hydrogens is 431 g/mol. The van der Waals surface area contributed by atoms with Crippen molar-refractivity contribution in [2.24, 2.45) is 5.41 Å². The van der Waals surface area contributed by atoms with E-state index in [9.17, 15) is 9.59 Å². The molecule has 1 aromatic carbocycles. The number of thiazole rings is 1. The Labute approximate surface area is 187 Å². The van der Waals surface area contributed by atoms with Gasteiger partial charge in [-0.2, -0.15) is 0 Å². The van der Waals surface area contributed by atoms with Crippen LogP contribution in [0.4, 0.5) is 10.8 Å². The predicted octanol–water partition coefficient (Wildman–Crippen LogP) is 4.29. The van der Waals surface area contributed by atoms with Crippen molar-refractivity contribution in [1.82, 2.24) is 10.3 Å². The number of nitrogens with zero attached hydrogens (tertiary/aromatic N) is 1. The number of benzene rings is 1. The summed E-state index contributed by atoms with van der Waals surface area (Å²) in [5.41, 5.74) is 9.17. The molecule has 160 valence electrons. The highest BCUT2D eigenvalue weighted by Crippen LogP contribution is 2.31. The molecular formula is C20H28Cl2N4O2S. The second-order valence-corrected chi connectivity index (χ2v) is 8.85. The van der Waals surface area contributed by atoms with E-state index in [2.05, 4.69) is 15.6 Å². The first-order valence-electron chi connectivity index (χ1n) is 9.16. The van der Waals surface area contributed by atoms with Gasteiger partial charge >= 0.3 is 0 Å². The van der Waals surface area contributed by atoms with Crippen LogP contribution in [0.1, 0.15) is 56.5 Å². The van der Waals surface area contributed by atoms with Crippen LogP contribution in [0.15, 0.2) is 23.6 Å². The molecule has 0 spiro atoms. The van der Waals surface area contributed by atoms with Crippen molar-refractivity contribution in [3.05, 3.63) is 40.4 Å². The lowest BCUT2D eigenvalue weighted by molar-refractivity contribution is -0.123. The fraction of sp³-hybridized carbons (Fsp3) is 0.450. The van der Waals surface area contributed by atoms with E-state index in [1.54, 1.807) is 0 Å². The van der Waals surface area contributed by atoms with Gasteiger partial charge in [-0.15, -0.1) is 36.2 Å². The van der Waals surface area contributed by atoms with E-state index < -0.39 is 5.41 Å². The molecule has 0 fully saturated rings. The van der Waals surface area contributed by atoms with Crippen LogP contribution in [0, 0.1) is 5.41 Å². The van der Waals surface area contributed by atoms with Crippen LogP contribution in [0.25, 0.3) is 0 Å². The van der Waals surface area contributed by atoms with Gasteiger partial charge in [-0.25, -0.2) is 4.98 Å². The van der Waals surface area contributed by atoms with Crippen LogP contribution in [-0.2, 0) is 22.4 Å². The Morgan fingerprint density at radius 1 is 1.28 bits per heavy atom. The Morgan fingerprint density at radius 3 is 2.69 bits per heavy atom. The lowest BCUT2D eigenvalue weighted by Gasteiger charge is -2.26. The Morgan fingerprint density at radius 2 is 2.00 bits per heavy atom. The molecule has 1 aromatic heterocycles. The summed E-state index contributed by atoms with van der Waals surface area (Å²) < 4.78 is 0. The average Bonchev–Trinajstić information content (AvgIpc) is 3.00. The van der Waals surface area contributed by atoms with Crippen LogP contribution in [-0.4, -0.2) is 16.8 Å². The quantitative estimate of drug-likeness (QED) is 0.595. The minimum absolute atomic E-state index is 0. The molecule has 1 aliphatic rings. The van der Waals surface area contributed by atoms with Gasteiger partial charge in [-0.3, -0.25) is 9.59 Å². The molecule has 1 aliphatic carbocycles. The molecule has 0 radical (unpaired) electrons. The standard InChI is InChI=1S/C20H26N4O2S.2ClH/c1-20(2,3)18(26)24-19-22-14(11-27-19)10-17(25)23-16-6-4-5-12-9-13(21)7-8-15(12)16;;/h7-9,11,16H,4-6,10,21H2,1-3H3,(H,23,25)(H,22,24,26);2*1H. The molecule has 0 bridgehead atoms. The number of nitrogens with one attached hydrogen (secondary N) is 2. The maximum absolute atomic E-state index is 12.5. The number of hydrogen-bond donors (Lipinski definition) is 3. The summed E-state index contributed by atoms with van der Waals surface area (Å²) in [5, 5.41) is 8.25. The third-order valence-electron chi connectivity index (χ3n) is 4.61. The van der Waals surface area contributed by atoms with E-state index in [4.69, 9.17) is 5.73 Å². The van der Waals surface area contributed by atoms with Crippen molar-refractivity contribution < 1.29 is 9.59 Å². The number of halogens is 2. The van der Waals surface area contributed by atoms with Gasteiger partial charge in [-0.05, 0) is 42.5 Å². The summed E-state index contributed by atoms with van der Waals surface area (Å²) in [5.74, 6) is -0.158. The van der Waals surface area contributed by atoms with Crippen molar-refractivity contribution in [3.63, 3.8) is 0 Å². The monoisotopic (exact) mass is 458 g/mol. The zero-order chi connectivity index (χ0) is 19.6. The van der Waals surface area contributed by atoms with E-state index in [-0.39, 0.29) is 49.1 Å². The van der Waals surface area contributed by atoms with Crippen molar-refractivity contribution in [2.75, 3.05) is 11.1 Å². The molecule has 29 heavy (non-hydrogen) atoms. The lowest BCUT2D eigenvalue weighted by Crippen LogP contribution is -2.32. The highest BCUT2D eigenvalue weighted by Gasteiger charge is 2.24. The summed E-state index contributed by atoms with van der Waals surface area (Å²) in [4.78, 5) is 28.9. The molecule has 4 N–H and O–H groups in total. The first kappa shape index (κ1) is 25.2. The van der Waals surface area contributed by atoms with E-state index in [1.165, 1.54) is 16.9 Å². The Bertz CT molecular complexity index is 864. The minimum atomic E-state index is -0.485. The van der Waals surface area contributed by atoms with Crippen molar-refractivity contribution >= 4 is 58.8 Å². The summed E-state index contributed by atoms with van der Waals surface area (Å²) in [6.45, 7) is 5.54. The number of carbonyl (C=O) groups excluding carboxylic acids is 2. The first-order valence-corrected chi connectivity index (χ1v) is 10.0. The molecule has 0 saturated carbocycles. The smallest absolute Gasteiger partial charge is 0.231 e. The normalized spacial score (nSPS) is 15.3. The third kappa shape index (κ3) is 6.59. The number of anilines is 2. The maximum Gasteiger partial charge on any atom is 0.231 e. The van der Waals surface area contributed by atoms with E-state index in [0.29, 0.717) is 10.8 Å². The second kappa shape index (κ2) is 10.3. The number of aromatic nitrogens is 1. The zero-order valence-corrected chi connectivity index (χ0v) is 19.2. The van der Waals surface area contributed by atoms with Gasteiger partial charge in [0.05, 0.1) is 18.2 Å². The first-order chi connectivity index (χ1) is 12.7. The maximum atomic E-state index is 12.5. The fourth-order valence-corrected chi connectivity index (χ4v) is 3.83. The van der Waals surface area contributed by atoms with E-state index >= 15 is 0 Å². The number of amides is 2. The van der Waals surface area contributed by atoms with Crippen LogP contribution in [0.2, 0.25) is 0 Å². The summed E-state index contributed by atoms with van der Waals surface area (Å²) in [6.07, 6.45) is 3.14. The molecule has 6 nitrogen and oxygen atoms in total. The second-order valence-electron chi connectivity index (χ2n) is 8.00. The molecule has 2 amide bonds. The molecule has 9 heteroatoms. The van der Waals surface area contributed by atoms with Crippen LogP contribution < -0.4 is 16.4 Å². The third-order valence-corrected chi connectivity index (χ3v) is 5.42. The van der Waals surface area contributed by atoms with Gasteiger partial charge in [0, 0.05) is 16.5 Å². The number of hydrogen-bond acceptors (Lipinski definition) is 5. The lowest BCUT2D eigenvalue weighted by atomic mass is 9.87. The fourth-order valence-electron chi connectivity index (χ4n) is 3.12. The molecule has 2 aromatic rings. The van der Waals surface area contributed by atoms with E-state index in [1.807, 2.05) is 44.4 Å². The van der Waals surface area contributed by atoms with Crippen molar-refractivity contribution in [3.8, 4) is 0 Å². The van der Waals surface area contributed by atoms with Crippen LogP contribution >= 0.6 is 36.2 Å². The van der Waals surface area contributed by atoms with Crippen LogP contribution in [0.3, 0.4) is 0 Å². The van der Waals surface area contributed by atoms with Crippen molar-refractivity contribution in [1.29, 1.82) is 0 Å². The predicted molar refractivity (Wildman–Crippen MR) is 123 cm³/mol. The van der Waals surface area contributed by atoms with Crippen molar-refractivity contribution in [2.45, 2.75) is 52.5 Å². The van der Waals surface area contributed by atoms with E-state index in [0.717, 1.165) is 30.5 Å². The van der Waals surface area contributed by atoms with Gasteiger partial charge in [0.1, 0.15) is 0 Å². The molecule has 1 atom stereocenters.